The molecule has 1 amide bonds. The number of halogens is 1. The van der Waals surface area contributed by atoms with E-state index in [1.807, 2.05) is 19.9 Å². The molecule has 0 aliphatic rings. The van der Waals surface area contributed by atoms with Crippen LogP contribution in [0.15, 0.2) is 18.2 Å². The van der Waals surface area contributed by atoms with Gasteiger partial charge in [0.05, 0.1) is 16.6 Å². The second-order valence-corrected chi connectivity index (χ2v) is 4.90. The molecule has 0 aliphatic heterocycles. The van der Waals surface area contributed by atoms with Crippen molar-refractivity contribution < 1.29 is 4.79 Å². The minimum Gasteiger partial charge on any atom is -0.342 e. The summed E-state index contributed by atoms with van der Waals surface area (Å²) in [6.45, 7) is 3.89. The predicted molar refractivity (Wildman–Crippen MR) is 75.5 cm³/mol. The number of benzene rings is 1. The van der Waals surface area contributed by atoms with Gasteiger partial charge >= 0.3 is 0 Å². The minimum absolute atomic E-state index is 0.234. The number of carbonyl (C=O) groups is 1. The van der Waals surface area contributed by atoms with Crippen molar-refractivity contribution in [2.24, 2.45) is 0 Å². The van der Waals surface area contributed by atoms with E-state index >= 15 is 0 Å². The fourth-order valence-electron chi connectivity index (χ4n) is 1.93. The van der Waals surface area contributed by atoms with Gasteiger partial charge in [0.25, 0.3) is 5.91 Å². The van der Waals surface area contributed by atoms with E-state index in [0.29, 0.717) is 16.4 Å². The van der Waals surface area contributed by atoms with Crippen LogP contribution in [0.3, 0.4) is 0 Å². The first kappa shape index (κ1) is 14.5. The Morgan fingerprint density at radius 3 is 2.95 bits per heavy atom. The maximum absolute atomic E-state index is 12.3. The Bertz CT molecular complexity index is 584. The maximum atomic E-state index is 12.3. The second-order valence-electron chi connectivity index (χ2n) is 4.52. The van der Waals surface area contributed by atoms with Crippen LogP contribution in [0.4, 0.5) is 0 Å². The van der Waals surface area contributed by atoms with Crippen molar-refractivity contribution in [2.45, 2.75) is 32.7 Å². The lowest BCUT2D eigenvalue weighted by atomic mass is 10.1. The highest BCUT2D eigenvalue weighted by atomic mass is 35.5. The summed E-state index contributed by atoms with van der Waals surface area (Å²) in [6.07, 6.45) is 1.62. The van der Waals surface area contributed by atoms with Crippen LogP contribution in [0.5, 0.6) is 0 Å². The number of hydrogen-bond acceptors (Lipinski definition) is 4. The average molecular weight is 294 g/mol. The number of tetrazole rings is 1. The van der Waals surface area contributed by atoms with Gasteiger partial charge in [-0.2, -0.15) is 5.21 Å². The van der Waals surface area contributed by atoms with E-state index in [0.717, 1.165) is 18.4 Å². The standard InChI is InChI=1S/C13H16ClN5O/c1-3-5-10(12-16-18-19-17-12)15-13(20)9-7-4-6-8(2)11(9)14/h4,6-7,10H,3,5H2,1-2H3,(H,15,20)(H,16,17,18,19). The maximum Gasteiger partial charge on any atom is 0.253 e. The largest absolute Gasteiger partial charge is 0.342 e. The molecule has 0 fully saturated rings. The van der Waals surface area contributed by atoms with Crippen molar-refractivity contribution in [1.29, 1.82) is 0 Å². The molecule has 0 spiro atoms. The lowest BCUT2D eigenvalue weighted by molar-refractivity contribution is 0.0932. The molecule has 0 radical (unpaired) electrons. The van der Waals surface area contributed by atoms with Gasteiger partial charge in [0, 0.05) is 0 Å². The van der Waals surface area contributed by atoms with Gasteiger partial charge in [-0.15, -0.1) is 10.2 Å². The highest BCUT2D eigenvalue weighted by molar-refractivity contribution is 6.34. The number of hydrogen-bond donors (Lipinski definition) is 2. The zero-order chi connectivity index (χ0) is 14.5. The normalized spacial score (nSPS) is 12.2. The molecule has 2 N–H and O–H groups in total. The molecule has 0 saturated heterocycles. The summed E-state index contributed by atoms with van der Waals surface area (Å²) in [6, 6.07) is 5.09. The Morgan fingerprint density at radius 1 is 1.50 bits per heavy atom. The lowest BCUT2D eigenvalue weighted by Crippen LogP contribution is -2.29. The van der Waals surface area contributed by atoms with Gasteiger partial charge in [0.15, 0.2) is 5.82 Å². The number of nitrogens with one attached hydrogen (secondary N) is 2. The van der Waals surface area contributed by atoms with E-state index in [2.05, 4.69) is 25.9 Å². The number of H-pyrrole nitrogens is 1. The van der Waals surface area contributed by atoms with Crippen molar-refractivity contribution in [3.63, 3.8) is 0 Å². The van der Waals surface area contributed by atoms with Crippen LogP contribution in [-0.2, 0) is 0 Å². The van der Waals surface area contributed by atoms with Gasteiger partial charge in [-0.3, -0.25) is 4.79 Å². The molecule has 1 unspecified atom stereocenters. The van der Waals surface area contributed by atoms with E-state index in [1.54, 1.807) is 12.1 Å². The van der Waals surface area contributed by atoms with Crippen LogP contribution in [0.2, 0.25) is 5.02 Å². The molecule has 20 heavy (non-hydrogen) atoms. The van der Waals surface area contributed by atoms with Crippen molar-refractivity contribution in [1.82, 2.24) is 25.9 Å². The first-order valence-electron chi connectivity index (χ1n) is 6.42. The molecule has 106 valence electrons. The zero-order valence-electron chi connectivity index (χ0n) is 11.4. The first-order valence-corrected chi connectivity index (χ1v) is 6.80. The number of carbonyl (C=O) groups excluding carboxylic acids is 1. The van der Waals surface area contributed by atoms with Crippen molar-refractivity contribution >= 4 is 17.5 Å². The predicted octanol–water partition coefficient (Wildman–Crippen LogP) is 2.43. The molecule has 1 aromatic heterocycles. The smallest absolute Gasteiger partial charge is 0.253 e. The highest BCUT2D eigenvalue weighted by Gasteiger charge is 2.20. The average Bonchev–Trinajstić information content (AvgIpc) is 2.95. The third-order valence-corrected chi connectivity index (χ3v) is 3.49. The molecular formula is C13H16ClN5O. The number of aromatic amines is 1. The molecule has 6 nitrogen and oxygen atoms in total. The molecule has 0 bridgehead atoms. The Hall–Kier alpha value is -1.95. The highest BCUT2D eigenvalue weighted by Crippen LogP contribution is 2.21. The summed E-state index contributed by atoms with van der Waals surface area (Å²) >= 11 is 6.16. The quantitative estimate of drug-likeness (QED) is 0.887. The molecule has 1 aromatic carbocycles. The van der Waals surface area contributed by atoms with Crippen LogP contribution in [0, 0.1) is 6.92 Å². The van der Waals surface area contributed by atoms with Crippen LogP contribution in [-0.4, -0.2) is 26.5 Å². The van der Waals surface area contributed by atoms with E-state index in [4.69, 9.17) is 11.6 Å². The summed E-state index contributed by atoms with van der Waals surface area (Å²) in [4.78, 5) is 12.3. The molecular weight excluding hydrogens is 278 g/mol. The van der Waals surface area contributed by atoms with Crippen LogP contribution in [0.1, 0.15) is 47.6 Å². The zero-order valence-corrected chi connectivity index (χ0v) is 12.1. The Kier molecular flexibility index (Phi) is 4.68. The van der Waals surface area contributed by atoms with E-state index in [1.165, 1.54) is 0 Å². The van der Waals surface area contributed by atoms with Crippen molar-refractivity contribution in [3.05, 3.63) is 40.2 Å². The molecule has 0 saturated carbocycles. The fraction of sp³-hybridized carbons (Fsp3) is 0.385. The van der Waals surface area contributed by atoms with Gasteiger partial charge in [-0.25, -0.2) is 0 Å². The van der Waals surface area contributed by atoms with Gasteiger partial charge in [0.2, 0.25) is 0 Å². The summed E-state index contributed by atoms with van der Waals surface area (Å²) in [5.74, 6) is 0.242. The third kappa shape index (κ3) is 3.14. The number of nitrogens with zero attached hydrogens (tertiary/aromatic N) is 3. The summed E-state index contributed by atoms with van der Waals surface area (Å²) in [5.41, 5.74) is 1.32. The topological polar surface area (TPSA) is 83.6 Å². The van der Waals surface area contributed by atoms with E-state index < -0.39 is 0 Å². The van der Waals surface area contributed by atoms with E-state index in [9.17, 15) is 4.79 Å². The van der Waals surface area contributed by atoms with E-state index in [-0.39, 0.29) is 11.9 Å². The number of amides is 1. The van der Waals surface area contributed by atoms with Gasteiger partial charge in [-0.05, 0) is 25.0 Å². The number of aromatic nitrogens is 4. The fourth-order valence-corrected chi connectivity index (χ4v) is 2.14. The summed E-state index contributed by atoms with van der Waals surface area (Å²) < 4.78 is 0. The molecule has 2 rings (SSSR count). The SMILES string of the molecule is CCCC(NC(=O)c1cccc(C)c1Cl)c1nn[nH]n1. The van der Waals surface area contributed by atoms with Gasteiger partial charge in [-0.1, -0.05) is 42.3 Å². The van der Waals surface area contributed by atoms with Crippen LogP contribution < -0.4 is 5.32 Å². The third-order valence-electron chi connectivity index (χ3n) is 2.99. The Morgan fingerprint density at radius 2 is 2.30 bits per heavy atom. The van der Waals surface area contributed by atoms with Crippen LogP contribution in [0.25, 0.3) is 0 Å². The minimum atomic E-state index is -0.275. The molecule has 1 atom stereocenters. The van der Waals surface area contributed by atoms with Gasteiger partial charge < -0.3 is 5.32 Å². The summed E-state index contributed by atoms with van der Waals surface area (Å²) in [5, 5.41) is 17.1. The second kappa shape index (κ2) is 6.47. The molecule has 2 aromatic rings. The molecule has 1 heterocycles. The first-order chi connectivity index (χ1) is 9.63. The monoisotopic (exact) mass is 293 g/mol. The Labute approximate surface area is 121 Å². The summed E-state index contributed by atoms with van der Waals surface area (Å²) in [7, 11) is 0. The molecule has 0 aliphatic carbocycles. The van der Waals surface area contributed by atoms with Gasteiger partial charge in [0.1, 0.15) is 0 Å². The van der Waals surface area contributed by atoms with Crippen LogP contribution >= 0.6 is 11.6 Å². The lowest BCUT2D eigenvalue weighted by Gasteiger charge is -2.15. The Balaban J connectivity index is 2.18. The number of rotatable bonds is 5. The van der Waals surface area contributed by atoms with Crippen molar-refractivity contribution in [3.8, 4) is 0 Å². The van der Waals surface area contributed by atoms with Crippen molar-refractivity contribution in [2.75, 3.05) is 0 Å². The molecule has 7 heteroatoms. The number of aryl methyl sites for hydroxylation is 1.